The normalized spacial score (nSPS) is 10.0. The number of para-hydroxylation sites is 2. The molecule has 0 aliphatic carbocycles. The Kier molecular flexibility index (Phi) is 6.17. The van der Waals surface area contributed by atoms with Crippen LogP contribution in [0.2, 0.25) is 0 Å². The highest BCUT2D eigenvalue weighted by Crippen LogP contribution is 2.23. The van der Waals surface area contributed by atoms with Crippen molar-refractivity contribution in [1.82, 2.24) is 0 Å². The van der Waals surface area contributed by atoms with Gasteiger partial charge < -0.3 is 15.4 Å². The van der Waals surface area contributed by atoms with Gasteiger partial charge in [0.1, 0.15) is 12.2 Å². The van der Waals surface area contributed by atoms with Gasteiger partial charge in [0.2, 0.25) is 11.8 Å². The van der Waals surface area contributed by atoms with Crippen molar-refractivity contribution in [3.05, 3.63) is 53.0 Å². The van der Waals surface area contributed by atoms with E-state index in [1.807, 2.05) is 25.1 Å². The summed E-state index contributed by atoms with van der Waals surface area (Å²) < 4.78 is 6.35. The number of rotatable bonds is 6. The summed E-state index contributed by atoms with van der Waals surface area (Å²) in [4.78, 5) is 23.9. The fourth-order valence-corrected chi connectivity index (χ4v) is 2.19. The average Bonchev–Trinajstić information content (AvgIpc) is 2.51. The molecule has 2 rings (SSSR count). The molecule has 23 heavy (non-hydrogen) atoms. The van der Waals surface area contributed by atoms with Gasteiger partial charge >= 0.3 is 0 Å². The van der Waals surface area contributed by atoms with Gasteiger partial charge in [-0.15, -0.1) is 0 Å². The fourth-order valence-electron chi connectivity index (χ4n) is 1.93. The molecule has 0 spiro atoms. The number of hydrogen-bond acceptors (Lipinski definition) is 3. The van der Waals surface area contributed by atoms with E-state index in [0.717, 1.165) is 4.47 Å². The Morgan fingerprint density at radius 2 is 1.65 bits per heavy atom. The summed E-state index contributed by atoms with van der Waals surface area (Å²) in [6, 6.07) is 14.2. The Hall–Kier alpha value is -2.34. The molecule has 0 heterocycles. The van der Waals surface area contributed by atoms with Crippen LogP contribution in [0.5, 0.6) is 5.75 Å². The van der Waals surface area contributed by atoms with Gasteiger partial charge in [0.25, 0.3) is 0 Å². The van der Waals surface area contributed by atoms with Gasteiger partial charge in [0.15, 0.2) is 0 Å². The minimum Gasteiger partial charge on any atom is -0.492 e. The largest absolute Gasteiger partial charge is 0.492 e. The van der Waals surface area contributed by atoms with Gasteiger partial charge in [-0.25, -0.2) is 0 Å². The van der Waals surface area contributed by atoms with Gasteiger partial charge in [0, 0.05) is 10.2 Å². The SMILES string of the molecule is CCOc1ccccc1NC(=O)CC(=O)Nc1ccc(Br)cc1. The van der Waals surface area contributed by atoms with E-state index in [4.69, 9.17) is 4.74 Å². The number of benzene rings is 2. The lowest BCUT2D eigenvalue weighted by molar-refractivity contribution is -0.123. The first-order valence-electron chi connectivity index (χ1n) is 7.15. The molecule has 0 saturated heterocycles. The number of ether oxygens (including phenoxy) is 1. The van der Waals surface area contributed by atoms with Crippen LogP contribution in [0, 0.1) is 0 Å². The van der Waals surface area contributed by atoms with Crippen LogP contribution >= 0.6 is 15.9 Å². The zero-order valence-electron chi connectivity index (χ0n) is 12.6. The smallest absolute Gasteiger partial charge is 0.233 e. The standard InChI is InChI=1S/C17H17BrN2O3/c1-2-23-15-6-4-3-5-14(15)20-17(22)11-16(21)19-13-9-7-12(18)8-10-13/h3-10H,2,11H2,1H3,(H,19,21)(H,20,22). The minimum atomic E-state index is -0.397. The Morgan fingerprint density at radius 1 is 1.00 bits per heavy atom. The van der Waals surface area contributed by atoms with Crippen molar-refractivity contribution in [3.63, 3.8) is 0 Å². The summed E-state index contributed by atoms with van der Waals surface area (Å²) in [5, 5.41) is 5.36. The summed E-state index contributed by atoms with van der Waals surface area (Å²) in [6.45, 7) is 2.36. The number of carbonyl (C=O) groups excluding carboxylic acids is 2. The lowest BCUT2D eigenvalue weighted by atomic mass is 10.2. The first kappa shape index (κ1) is 17.0. The van der Waals surface area contributed by atoms with Gasteiger partial charge in [-0.1, -0.05) is 28.1 Å². The second-order valence-electron chi connectivity index (χ2n) is 4.71. The molecule has 0 radical (unpaired) electrons. The summed E-state index contributed by atoms with van der Waals surface area (Å²) in [5.74, 6) is -0.192. The number of halogens is 1. The maximum Gasteiger partial charge on any atom is 0.233 e. The number of amides is 2. The van der Waals surface area contributed by atoms with E-state index in [1.54, 1.807) is 30.3 Å². The van der Waals surface area contributed by atoms with Crippen LogP contribution in [0.1, 0.15) is 13.3 Å². The quantitative estimate of drug-likeness (QED) is 0.753. The van der Waals surface area contributed by atoms with Crippen LogP contribution in [-0.2, 0) is 9.59 Å². The van der Waals surface area contributed by atoms with Gasteiger partial charge in [-0.3, -0.25) is 9.59 Å². The van der Waals surface area contributed by atoms with Crippen molar-refractivity contribution in [1.29, 1.82) is 0 Å². The summed E-state index contributed by atoms with van der Waals surface area (Å²) >= 11 is 3.32. The summed E-state index contributed by atoms with van der Waals surface area (Å²) in [6.07, 6.45) is -0.267. The second kappa shape index (κ2) is 8.33. The molecular weight excluding hydrogens is 360 g/mol. The van der Waals surface area contributed by atoms with Crippen molar-refractivity contribution in [2.75, 3.05) is 17.2 Å². The molecule has 0 fully saturated rings. The molecule has 2 N–H and O–H groups in total. The Bertz CT molecular complexity index is 686. The number of carbonyl (C=O) groups is 2. The van der Waals surface area contributed by atoms with Gasteiger partial charge in [-0.2, -0.15) is 0 Å². The van der Waals surface area contributed by atoms with E-state index >= 15 is 0 Å². The molecule has 6 heteroatoms. The molecule has 120 valence electrons. The van der Waals surface area contributed by atoms with Crippen molar-refractivity contribution >= 4 is 39.1 Å². The van der Waals surface area contributed by atoms with Crippen LogP contribution in [-0.4, -0.2) is 18.4 Å². The highest BCUT2D eigenvalue weighted by molar-refractivity contribution is 9.10. The topological polar surface area (TPSA) is 67.4 Å². The number of nitrogens with one attached hydrogen (secondary N) is 2. The monoisotopic (exact) mass is 376 g/mol. The highest BCUT2D eigenvalue weighted by atomic mass is 79.9. The van der Waals surface area contributed by atoms with Crippen molar-refractivity contribution in [2.24, 2.45) is 0 Å². The van der Waals surface area contributed by atoms with Crippen LogP contribution in [0.3, 0.4) is 0 Å². The van der Waals surface area contributed by atoms with Gasteiger partial charge in [0.05, 0.1) is 12.3 Å². The van der Waals surface area contributed by atoms with E-state index in [1.165, 1.54) is 0 Å². The Labute approximate surface area is 143 Å². The molecule has 0 aromatic heterocycles. The minimum absolute atomic E-state index is 0.267. The van der Waals surface area contributed by atoms with E-state index in [9.17, 15) is 9.59 Å². The lowest BCUT2D eigenvalue weighted by Crippen LogP contribution is -2.21. The van der Waals surface area contributed by atoms with E-state index < -0.39 is 5.91 Å². The average molecular weight is 377 g/mol. The van der Waals surface area contributed by atoms with E-state index in [2.05, 4.69) is 26.6 Å². The predicted octanol–water partition coefficient (Wildman–Crippen LogP) is 3.82. The summed E-state index contributed by atoms with van der Waals surface area (Å²) in [7, 11) is 0. The molecule has 0 saturated carbocycles. The second-order valence-corrected chi connectivity index (χ2v) is 5.62. The molecule has 2 aromatic rings. The van der Waals surface area contributed by atoms with Crippen LogP contribution < -0.4 is 15.4 Å². The third-order valence-electron chi connectivity index (χ3n) is 2.91. The van der Waals surface area contributed by atoms with Crippen LogP contribution in [0.25, 0.3) is 0 Å². The first-order chi connectivity index (χ1) is 11.1. The molecule has 0 unspecified atom stereocenters. The number of hydrogen-bond donors (Lipinski definition) is 2. The van der Waals surface area contributed by atoms with E-state index in [-0.39, 0.29) is 12.3 Å². The maximum absolute atomic E-state index is 12.0. The molecule has 0 atom stereocenters. The molecule has 2 aromatic carbocycles. The molecule has 0 bridgehead atoms. The van der Waals surface area contributed by atoms with Gasteiger partial charge in [-0.05, 0) is 43.3 Å². The third-order valence-corrected chi connectivity index (χ3v) is 3.44. The summed E-state index contributed by atoms with van der Waals surface area (Å²) in [5.41, 5.74) is 1.19. The molecule has 0 aliphatic heterocycles. The Morgan fingerprint density at radius 3 is 2.35 bits per heavy atom. The molecular formula is C17H17BrN2O3. The van der Waals surface area contributed by atoms with Crippen molar-refractivity contribution in [2.45, 2.75) is 13.3 Å². The fraction of sp³-hybridized carbons (Fsp3) is 0.176. The molecule has 2 amide bonds. The van der Waals surface area contributed by atoms with E-state index in [0.29, 0.717) is 23.7 Å². The maximum atomic E-state index is 12.0. The van der Waals surface area contributed by atoms with Crippen LogP contribution in [0.4, 0.5) is 11.4 Å². The van der Waals surface area contributed by atoms with Crippen LogP contribution in [0.15, 0.2) is 53.0 Å². The zero-order valence-corrected chi connectivity index (χ0v) is 14.2. The molecule has 0 aliphatic rings. The predicted molar refractivity (Wildman–Crippen MR) is 93.6 cm³/mol. The molecule has 5 nitrogen and oxygen atoms in total. The zero-order chi connectivity index (χ0) is 16.7. The Balaban J connectivity index is 1.91. The highest BCUT2D eigenvalue weighted by Gasteiger charge is 2.12. The number of anilines is 2. The first-order valence-corrected chi connectivity index (χ1v) is 7.95. The van der Waals surface area contributed by atoms with Crippen molar-refractivity contribution < 1.29 is 14.3 Å². The lowest BCUT2D eigenvalue weighted by Gasteiger charge is -2.11. The van der Waals surface area contributed by atoms with Crippen molar-refractivity contribution in [3.8, 4) is 5.75 Å². The third kappa shape index (κ3) is 5.41.